The third-order valence-corrected chi connectivity index (χ3v) is 8.51. The van der Waals surface area contributed by atoms with Crippen LogP contribution in [0.25, 0.3) is 0 Å². The van der Waals surface area contributed by atoms with E-state index in [9.17, 15) is 14.7 Å². The van der Waals surface area contributed by atoms with Crippen LogP contribution in [0.5, 0.6) is 11.6 Å². The average molecular weight is 601 g/mol. The van der Waals surface area contributed by atoms with Crippen LogP contribution in [0, 0.1) is 11.3 Å². The lowest BCUT2D eigenvalue weighted by molar-refractivity contribution is -0.138. The highest BCUT2D eigenvalue weighted by Gasteiger charge is 2.33. The predicted octanol–water partition coefficient (Wildman–Crippen LogP) is 6.69. The van der Waals surface area contributed by atoms with Crippen LogP contribution in [0.4, 0.5) is 11.5 Å². The second-order valence-electron chi connectivity index (χ2n) is 13.3. The number of aromatic nitrogens is 2. The molecule has 1 aromatic carbocycles. The van der Waals surface area contributed by atoms with E-state index in [0.717, 1.165) is 67.6 Å². The van der Waals surface area contributed by atoms with Crippen LogP contribution in [0.1, 0.15) is 92.3 Å². The molecule has 2 fully saturated rings. The number of benzene rings is 1. The lowest BCUT2D eigenvalue weighted by Gasteiger charge is -2.34. The van der Waals surface area contributed by atoms with Gasteiger partial charge in [-0.3, -0.25) is 9.59 Å². The lowest BCUT2D eigenvalue weighted by atomic mass is 9.88. The highest BCUT2D eigenvalue weighted by Crippen LogP contribution is 2.47. The number of hydrogen-bond donors (Lipinski definition) is 2. The van der Waals surface area contributed by atoms with E-state index in [0.29, 0.717) is 41.5 Å². The van der Waals surface area contributed by atoms with Gasteiger partial charge in [0.15, 0.2) is 0 Å². The molecule has 0 unspecified atom stereocenters. The first-order valence-corrected chi connectivity index (χ1v) is 15.6. The SMILES string of the molecule is COc1ccc(C(=O)Nc2ncccc2CC(C)(C)C)c(N2CCC(COc3nccc([C@H](C)C(=O)O)c3C3CC3)CC2)c1. The number of carbonyl (C=O) groups excluding carboxylic acids is 1. The first kappa shape index (κ1) is 31.3. The fourth-order valence-corrected chi connectivity index (χ4v) is 5.95. The summed E-state index contributed by atoms with van der Waals surface area (Å²) in [6, 6.07) is 11.3. The summed E-state index contributed by atoms with van der Waals surface area (Å²) in [4.78, 5) is 36.6. The van der Waals surface area contributed by atoms with Crippen molar-refractivity contribution in [3.05, 3.63) is 71.0 Å². The topological polar surface area (TPSA) is 114 Å². The second kappa shape index (κ2) is 13.2. The summed E-state index contributed by atoms with van der Waals surface area (Å²) in [5.74, 6) is 0.864. The Morgan fingerprint density at radius 3 is 2.48 bits per heavy atom. The minimum Gasteiger partial charge on any atom is -0.497 e. The molecule has 1 atom stereocenters. The Labute approximate surface area is 260 Å². The van der Waals surface area contributed by atoms with E-state index in [1.165, 1.54) is 0 Å². The van der Waals surface area contributed by atoms with Crippen LogP contribution >= 0.6 is 0 Å². The minimum absolute atomic E-state index is 0.0526. The van der Waals surface area contributed by atoms with Crippen molar-refractivity contribution < 1.29 is 24.2 Å². The number of amides is 1. The first-order valence-electron chi connectivity index (χ1n) is 15.6. The van der Waals surface area contributed by atoms with Gasteiger partial charge in [0.25, 0.3) is 5.91 Å². The van der Waals surface area contributed by atoms with E-state index in [-0.39, 0.29) is 11.3 Å². The Morgan fingerprint density at radius 1 is 1.07 bits per heavy atom. The molecule has 2 N–H and O–H groups in total. The van der Waals surface area contributed by atoms with Crippen molar-refractivity contribution in [3.63, 3.8) is 0 Å². The maximum atomic E-state index is 13.6. The molecule has 3 heterocycles. The molecule has 0 spiro atoms. The van der Waals surface area contributed by atoms with E-state index in [4.69, 9.17) is 9.47 Å². The molecular weight excluding hydrogens is 556 g/mol. The molecule has 44 heavy (non-hydrogen) atoms. The van der Waals surface area contributed by atoms with Crippen LogP contribution < -0.4 is 19.7 Å². The number of nitrogens with zero attached hydrogens (tertiary/aromatic N) is 3. The molecule has 5 rings (SSSR count). The maximum absolute atomic E-state index is 13.6. The summed E-state index contributed by atoms with van der Waals surface area (Å²) in [7, 11) is 1.63. The summed E-state index contributed by atoms with van der Waals surface area (Å²) >= 11 is 0. The number of ether oxygens (including phenoxy) is 2. The van der Waals surface area contributed by atoms with E-state index >= 15 is 0 Å². The van der Waals surface area contributed by atoms with E-state index < -0.39 is 11.9 Å². The molecule has 9 heteroatoms. The fourth-order valence-electron chi connectivity index (χ4n) is 5.95. The Balaban J connectivity index is 1.27. The Bertz CT molecular complexity index is 1490. The standard InChI is InChI=1S/C35H44N4O5/c1-22(34(41)42)27-12-16-37-33(30(27)24-8-9-24)44-21-23-13-17-39(18-14-23)29-19-26(43-5)10-11-28(29)32(40)38-31-25(7-6-15-36-31)20-35(2,3)4/h6-7,10-12,15-16,19,22-24H,8-9,13-14,17-18,20-21H2,1-5H3,(H,41,42)(H,36,38,40)/t22-/m0/s1. The third-order valence-electron chi connectivity index (χ3n) is 8.51. The summed E-state index contributed by atoms with van der Waals surface area (Å²) in [6.45, 7) is 10.3. The number of nitrogens with one attached hydrogen (secondary N) is 1. The number of anilines is 2. The quantitative estimate of drug-likeness (QED) is 0.250. The molecule has 1 aliphatic heterocycles. The molecule has 9 nitrogen and oxygen atoms in total. The molecule has 0 bridgehead atoms. The van der Waals surface area contributed by atoms with Gasteiger partial charge >= 0.3 is 5.97 Å². The fraction of sp³-hybridized carbons (Fsp3) is 0.486. The average Bonchev–Trinajstić information content (AvgIpc) is 3.85. The minimum atomic E-state index is -0.840. The van der Waals surface area contributed by atoms with Gasteiger partial charge in [-0.1, -0.05) is 26.8 Å². The number of methoxy groups -OCH3 is 1. The number of piperidine rings is 1. The first-order chi connectivity index (χ1) is 21.0. The molecule has 1 aliphatic carbocycles. The molecule has 2 aliphatic rings. The predicted molar refractivity (Wildman–Crippen MR) is 171 cm³/mol. The molecule has 3 aromatic rings. The number of aliphatic carboxylic acids is 1. The van der Waals surface area contributed by atoms with Crippen LogP contribution in [0.15, 0.2) is 48.8 Å². The Morgan fingerprint density at radius 2 is 1.82 bits per heavy atom. The summed E-state index contributed by atoms with van der Waals surface area (Å²) < 4.78 is 11.8. The van der Waals surface area contributed by atoms with E-state index in [1.54, 1.807) is 26.4 Å². The maximum Gasteiger partial charge on any atom is 0.310 e. The number of hydrogen-bond acceptors (Lipinski definition) is 7. The Kier molecular flexibility index (Phi) is 9.42. The van der Waals surface area contributed by atoms with Crippen LogP contribution in [-0.4, -0.2) is 53.8 Å². The second-order valence-corrected chi connectivity index (χ2v) is 13.3. The zero-order chi connectivity index (χ0) is 31.4. The van der Waals surface area contributed by atoms with Crippen LogP contribution in [-0.2, 0) is 11.2 Å². The molecule has 1 saturated carbocycles. The van der Waals surface area contributed by atoms with Gasteiger partial charge in [-0.25, -0.2) is 9.97 Å². The van der Waals surface area contributed by atoms with Crippen molar-refractivity contribution in [2.45, 2.75) is 71.6 Å². The van der Waals surface area contributed by atoms with E-state index in [1.807, 2.05) is 36.4 Å². The summed E-state index contributed by atoms with van der Waals surface area (Å²) in [6.07, 6.45) is 8.00. The number of carboxylic acid groups (broad SMARTS) is 1. The monoisotopic (exact) mass is 600 g/mol. The van der Waals surface area contributed by atoms with Crippen LogP contribution in [0.2, 0.25) is 0 Å². The van der Waals surface area contributed by atoms with Crippen molar-refractivity contribution in [1.29, 1.82) is 0 Å². The summed E-state index contributed by atoms with van der Waals surface area (Å²) in [5, 5.41) is 12.7. The Hall–Kier alpha value is -4.14. The van der Waals surface area contributed by atoms with Crippen molar-refractivity contribution in [1.82, 2.24) is 9.97 Å². The molecule has 1 amide bonds. The zero-order valence-corrected chi connectivity index (χ0v) is 26.4. The van der Waals surface area contributed by atoms with Gasteiger partial charge in [0.1, 0.15) is 11.6 Å². The van der Waals surface area contributed by atoms with Gasteiger partial charge in [-0.05, 0) is 91.7 Å². The van der Waals surface area contributed by atoms with Crippen molar-refractivity contribution in [2.24, 2.45) is 11.3 Å². The van der Waals surface area contributed by atoms with Gasteiger partial charge in [-0.2, -0.15) is 0 Å². The highest BCUT2D eigenvalue weighted by atomic mass is 16.5. The zero-order valence-electron chi connectivity index (χ0n) is 26.4. The van der Waals surface area contributed by atoms with Gasteiger partial charge < -0.3 is 24.8 Å². The van der Waals surface area contributed by atoms with Gasteiger partial charge in [0.2, 0.25) is 5.88 Å². The largest absolute Gasteiger partial charge is 0.497 e. The highest BCUT2D eigenvalue weighted by molar-refractivity contribution is 6.08. The molecule has 1 saturated heterocycles. The van der Waals surface area contributed by atoms with Crippen molar-refractivity contribution in [2.75, 3.05) is 37.0 Å². The molecule has 2 aromatic heterocycles. The number of rotatable bonds is 11. The third kappa shape index (κ3) is 7.49. The molecule has 234 valence electrons. The normalized spacial score (nSPS) is 16.3. The van der Waals surface area contributed by atoms with E-state index in [2.05, 4.69) is 41.0 Å². The number of pyridine rings is 2. The molecule has 0 radical (unpaired) electrons. The number of carboxylic acids is 1. The molecular formula is C35H44N4O5. The summed E-state index contributed by atoms with van der Waals surface area (Å²) in [5.41, 5.74) is 4.24. The van der Waals surface area contributed by atoms with Crippen LogP contribution in [0.3, 0.4) is 0 Å². The number of carbonyl (C=O) groups is 2. The van der Waals surface area contributed by atoms with Gasteiger partial charge in [0, 0.05) is 37.1 Å². The smallest absolute Gasteiger partial charge is 0.310 e. The van der Waals surface area contributed by atoms with Gasteiger partial charge in [0.05, 0.1) is 30.9 Å². The van der Waals surface area contributed by atoms with Gasteiger partial charge in [-0.15, -0.1) is 0 Å². The van der Waals surface area contributed by atoms with Crippen molar-refractivity contribution >= 4 is 23.4 Å². The van der Waals surface area contributed by atoms with Crippen molar-refractivity contribution in [3.8, 4) is 11.6 Å². The lowest BCUT2D eigenvalue weighted by Crippen LogP contribution is -2.36.